The number of ketones is 1. The van der Waals surface area contributed by atoms with Crippen LogP contribution >= 0.6 is 0 Å². The Bertz CT molecular complexity index is 1180. The topological polar surface area (TPSA) is 134 Å². The Morgan fingerprint density at radius 3 is 2.17 bits per heavy atom. The summed E-state index contributed by atoms with van der Waals surface area (Å²) >= 11 is 0. The van der Waals surface area contributed by atoms with E-state index in [9.17, 15) is 24.6 Å². The van der Waals surface area contributed by atoms with Gasteiger partial charge in [-0.3, -0.25) is 23.9 Å². The maximum Gasteiger partial charge on any atom is 0.270 e. The number of Topliss-reactive ketones (excluding diaryl/α,β-unsaturated/α-hetero) is 1. The van der Waals surface area contributed by atoms with Gasteiger partial charge in [0.05, 0.1) is 24.1 Å². The van der Waals surface area contributed by atoms with Crippen molar-refractivity contribution < 1.29 is 24.6 Å². The summed E-state index contributed by atoms with van der Waals surface area (Å²) in [5.74, 6) is -2.27. The number of pyridine rings is 1. The number of nitrogens with zero attached hydrogens (tertiary/aromatic N) is 2. The summed E-state index contributed by atoms with van der Waals surface area (Å²) in [5.41, 5.74) is 1.14. The van der Waals surface area contributed by atoms with Crippen LogP contribution in [0.15, 0.2) is 54.7 Å². The number of aromatic hydroxyl groups is 2. The highest BCUT2D eigenvalue weighted by atomic mass is 16.3. The van der Waals surface area contributed by atoms with Crippen LogP contribution in [0.3, 0.4) is 0 Å². The fourth-order valence-corrected chi connectivity index (χ4v) is 3.87. The van der Waals surface area contributed by atoms with Crippen molar-refractivity contribution in [2.45, 2.75) is 39.3 Å². The number of amides is 2. The lowest BCUT2D eigenvalue weighted by molar-refractivity contribution is -0.122. The average Bonchev–Trinajstić information content (AvgIpc) is 3.04. The fourth-order valence-electron chi connectivity index (χ4n) is 3.87. The molecule has 2 atom stereocenters. The van der Waals surface area contributed by atoms with E-state index < -0.39 is 29.7 Å². The Labute approximate surface area is 203 Å². The quantitative estimate of drug-likeness (QED) is 0.349. The predicted octanol–water partition coefficient (Wildman–Crippen LogP) is 3.02. The van der Waals surface area contributed by atoms with Crippen molar-refractivity contribution in [1.29, 1.82) is 0 Å². The third-order valence-electron chi connectivity index (χ3n) is 5.88. The summed E-state index contributed by atoms with van der Waals surface area (Å²) in [6, 6.07) is 12.4. The van der Waals surface area contributed by atoms with E-state index in [0.717, 1.165) is 10.1 Å². The first kappa shape index (κ1) is 25.5. The average molecular weight is 479 g/mol. The third-order valence-corrected chi connectivity index (χ3v) is 5.88. The molecule has 0 radical (unpaired) electrons. The van der Waals surface area contributed by atoms with Crippen LogP contribution in [0.25, 0.3) is 0 Å². The summed E-state index contributed by atoms with van der Waals surface area (Å²) in [5, 5.41) is 26.1. The van der Waals surface area contributed by atoms with Crippen molar-refractivity contribution in [1.82, 2.24) is 20.2 Å². The first-order valence-electron chi connectivity index (χ1n) is 11.3. The molecule has 0 aliphatic heterocycles. The molecule has 1 aromatic carbocycles. The monoisotopic (exact) mass is 478 g/mol. The molecule has 0 fully saturated rings. The fraction of sp³-hybridized carbons (Fsp3) is 0.308. The Kier molecular flexibility index (Phi) is 7.91. The van der Waals surface area contributed by atoms with Crippen molar-refractivity contribution >= 4 is 17.6 Å². The van der Waals surface area contributed by atoms with Crippen molar-refractivity contribution in [3.8, 4) is 11.8 Å². The van der Waals surface area contributed by atoms with Crippen LogP contribution in [0.4, 0.5) is 0 Å². The van der Waals surface area contributed by atoms with E-state index in [-0.39, 0.29) is 40.9 Å². The van der Waals surface area contributed by atoms with E-state index in [4.69, 9.17) is 0 Å². The van der Waals surface area contributed by atoms with E-state index >= 15 is 0 Å². The minimum absolute atomic E-state index is 0.0351. The molecule has 0 unspecified atom stereocenters. The molecule has 3 aromatic rings. The molecule has 2 heterocycles. The van der Waals surface area contributed by atoms with Gasteiger partial charge in [0.2, 0.25) is 11.8 Å². The Hall–Kier alpha value is -4.14. The van der Waals surface area contributed by atoms with Crippen molar-refractivity contribution in [2.75, 3.05) is 0 Å². The first-order valence-corrected chi connectivity index (χ1v) is 11.3. The van der Waals surface area contributed by atoms with Crippen molar-refractivity contribution in [2.24, 2.45) is 13.0 Å². The summed E-state index contributed by atoms with van der Waals surface area (Å²) in [4.78, 5) is 43.1. The second-order valence-corrected chi connectivity index (χ2v) is 8.72. The molecular weight excluding hydrogens is 448 g/mol. The van der Waals surface area contributed by atoms with Crippen molar-refractivity contribution in [3.63, 3.8) is 0 Å². The minimum Gasteiger partial charge on any atom is -0.494 e. The highest BCUT2D eigenvalue weighted by molar-refractivity contribution is 6.05. The number of carbonyl (C=O) groups excluding carboxylic acids is 3. The largest absolute Gasteiger partial charge is 0.494 e. The van der Waals surface area contributed by atoms with Gasteiger partial charge in [-0.1, -0.05) is 50.2 Å². The minimum atomic E-state index is -0.947. The molecule has 0 aliphatic carbocycles. The lowest BCUT2D eigenvalue weighted by atomic mass is 9.93. The van der Waals surface area contributed by atoms with Gasteiger partial charge in [0.1, 0.15) is 5.69 Å². The molecule has 0 spiro atoms. The second kappa shape index (κ2) is 10.9. The van der Waals surface area contributed by atoms with Crippen LogP contribution in [-0.4, -0.2) is 43.4 Å². The molecule has 0 bridgehead atoms. The SMILES string of the molecule is Cc1c(C(=O)[C@@H](NC(=O)C[C@H](NC(=O)c2ccccn2)c2ccccc2)C(C)C)c(O)n(C)c1O. The second-order valence-electron chi connectivity index (χ2n) is 8.72. The summed E-state index contributed by atoms with van der Waals surface area (Å²) in [6.45, 7) is 5.07. The number of hydrogen-bond donors (Lipinski definition) is 4. The van der Waals surface area contributed by atoms with Crippen LogP contribution in [0, 0.1) is 12.8 Å². The summed E-state index contributed by atoms with van der Waals surface area (Å²) in [6.07, 6.45) is 1.39. The molecule has 0 saturated carbocycles. The zero-order valence-corrected chi connectivity index (χ0v) is 20.1. The van der Waals surface area contributed by atoms with Crippen molar-refractivity contribution in [3.05, 3.63) is 77.1 Å². The predicted molar refractivity (Wildman–Crippen MR) is 130 cm³/mol. The van der Waals surface area contributed by atoms with Gasteiger partial charge in [-0.15, -0.1) is 0 Å². The van der Waals surface area contributed by atoms with Gasteiger partial charge in [0, 0.05) is 18.8 Å². The van der Waals surface area contributed by atoms with Crippen LogP contribution in [0.1, 0.15) is 58.3 Å². The number of carbonyl (C=O) groups is 3. The Morgan fingerprint density at radius 2 is 1.63 bits per heavy atom. The number of benzene rings is 1. The van der Waals surface area contributed by atoms with E-state index in [2.05, 4.69) is 15.6 Å². The van der Waals surface area contributed by atoms with Gasteiger partial charge in [-0.2, -0.15) is 0 Å². The van der Waals surface area contributed by atoms with E-state index in [1.54, 1.807) is 56.3 Å². The molecule has 0 aliphatic rings. The summed E-state index contributed by atoms with van der Waals surface area (Å²) < 4.78 is 1.11. The van der Waals surface area contributed by atoms with Gasteiger partial charge >= 0.3 is 0 Å². The lowest BCUT2D eigenvalue weighted by Gasteiger charge is -2.24. The highest BCUT2D eigenvalue weighted by Crippen LogP contribution is 2.33. The van der Waals surface area contributed by atoms with Gasteiger partial charge in [-0.25, -0.2) is 0 Å². The molecule has 9 nitrogen and oxygen atoms in total. The maximum atomic E-state index is 13.3. The molecule has 9 heteroatoms. The number of nitrogens with one attached hydrogen (secondary N) is 2. The normalized spacial score (nSPS) is 12.7. The van der Waals surface area contributed by atoms with Gasteiger partial charge in [0.25, 0.3) is 5.91 Å². The van der Waals surface area contributed by atoms with Gasteiger partial charge in [0.15, 0.2) is 11.7 Å². The zero-order chi connectivity index (χ0) is 25.7. The molecular formula is C26H30N4O5. The molecule has 3 rings (SSSR count). The molecule has 2 amide bonds. The summed E-state index contributed by atoms with van der Waals surface area (Å²) in [7, 11) is 1.44. The lowest BCUT2D eigenvalue weighted by Crippen LogP contribution is -2.45. The number of aromatic nitrogens is 2. The smallest absolute Gasteiger partial charge is 0.270 e. The molecule has 4 N–H and O–H groups in total. The van der Waals surface area contributed by atoms with Gasteiger partial charge in [-0.05, 0) is 30.5 Å². The van der Waals surface area contributed by atoms with Crippen LogP contribution in [0.5, 0.6) is 11.8 Å². The Balaban J connectivity index is 1.81. The molecule has 0 saturated heterocycles. The van der Waals surface area contributed by atoms with E-state index in [0.29, 0.717) is 0 Å². The standard InChI is InChI=1S/C26H30N4O5/c1-15(2)22(23(32)21-16(3)25(34)30(4)26(21)35)29-20(31)14-19(17-10-6-5-7-11-17)28-24(33)18-12-8-9-13-27-18/h5-13,15,19,22,34-35H,14H2,1-4H3,(H,28,33)(H,29,31)/t19-,22-/m0/s1. The van der Waals surface area contributed by atoms with Crippen LogP contribution in [0.2, 0.25) is 0 Å². The molecule has 2 aromatic heterocycles. The van der Waals surface area contributed by atoms with Crippen LogP contribution < -0.4 is 10.6 Å². The molecule has 184 valence electrons. The number of rotatable bonds is 9. The van der Waals surface area contributed by atoms with E-state index in [1.807, 2.05) is 6.07 Å². The van der Waals surface area contributed by atoms with Gasteiger partial charge < -0.3 is 20.8 Å². The van der Waals surface area contributed by atoms with E-state index in [1.165, 1.54) is 20.2 Å². The zero-order valence-electron chi connectivity index (χ0n) is 20.1. The third kappa shape index (κ3) is 5.68. The Morgan fingerprint density at radius 1 is 0.971 bits per heavy atom. The highest BCUT2D eigenvalue weighted by Gasteiger charge is 2.32. The van der Waals surface area contributed by atoms with Crippen LogP contribution in [-0.2, 0) is 11.8 Å². The maximum absolute atomic E-state index is 13.3. The number of hydrogen-bond acceptors (Lipinski definition) is 6. The first-order chi connectivity index (χ1) is 16.6. The molecule has 35 heavy (non-hydrogen) atoms.